The molecule has 0 spiro atoms. The first-order chi connectivity index (χ1) is 7.04. The van der Waals surface area contributed by atoms with Gasteiger partial charge in [0.25, 0.3) is 0 Å². The lowest BCUT2D eigenvalue weighted by Crippen LogP contribution is -2.25. The van der Waals surface area contributed by atoms with Gasteiger partial charge < -0.3 is 10.2 Å². The smallest absolute Gasteiger partial charge is 0.158 e. The summed E-state index contributed by atoms with van der Waals surface area (Å²) in [6.07, 6.45) is 0.00620. The molecule has 0 aromatic heterocycles. The van der Waals surface area contributed by atoms with Crippen LogP contribution in [0.25, 0.3) is 0 Å². The van der Waals surface area contributed by atoms with Crippen molar-refractivity contribution in [3.8, 4) is 0 Å². The van der Waals surface area contributed by atoms with Crippen LogP contribution in [0.15, 0.2) is 0 Å². The Hall–Kier alpha value is -0.160. The summed E-state index contributed by atoms with van der Waals surface area (Å²) in [6.45, 7) is -1.15. The number of alkyl halides is 2. The van der Waals surface area contributed by atoms with Crippen molar-refractivity contribution in [2.75, 3.05) is 19.1 Å². The van der Waals surface area contributed by atoms with E-state index in [1.807, 2.05) is 0 Å². The number of Topliss-reactive ketones (excluding diaryl/α,β-unsaturated/α-hetero) is 2. The average Bonchev–Trinajstić information content (AvgIpc) is 2.26. The van der Waals surface area contributed by atoms with Crippen LogP contribution in [0.5, 0.6) is 0 Å². The third-order valence-electron chi connectivity index (χ3n) is 1.99. The number of aliphatic hydroxyl groups is 2. The zero-order chi connectivity index (χ0) is 11.8. The number of halogens is 2. The Morgan fingerprint density at radius 3 is 1.73 bits per heavy atom. The standard InChI is InChI=1S/C9H14Cl2O4/c10-3-9(11)6(1-7(14)4-12)2-8(15)5-13/h6,9,12-13H,1-5H2. The molecule has 2 N–H and O–H groups in total. The summed E-state index contributed by atoms with van der Waals surface area (Å²) in [5.41, 5.74) is 0. The molecule has 0 fully saturated rings. The molecule has 0 rings (SSSR count). The van der Waals surface area contributed by atoms with Crippen molar-refractivity contribution >= 4 is 34.8 Å². The molecule has 15 heavy (non-hydrogen) atoms. The van der Waals surface area contributed by atoms with E-state index in [1.165, 1.54) is 0 Å². The summed E-state index contributed by atoms with van der Waals surface area (Å²) in [6, 6.07) is 0. The van der Waals surface area contributed by atoms with Crippen LogP contribution in [0.2, 0.25) is 0 Å². The zero-order valence-electron chi connectivity index (χ0n) is 8.16. The highest BCUT2D eigenvalue weighted by Gasteiger charge is 2.23. The van der Waals surface area contributed by atoms with Gasteiger partial charge in [0.15, 0.2) is 11.6 Å². The summed E-state index contributed by atoms with van der Waals surface area (Å²) in [5, 5.41) is 16.6. The maximum atomic E-state index is 11.0. The molecule has 1 atom stereocenters. The Bertz CT molecular complexity index is 202. The van der Waals surface area contributed by atoms with E-state index in [1.54, 1.807) is 0 Å². The van der Waals surface area contributed by atoms with Crippen molar-refractivity contribution in [1.29, 1.82) is 0 Å². The Kier molecular flexibility index (Phi) is 7.96. The average molecular weight is 257 g/mol. The zero-order valence-corrected chi connectivity index (χ0v) is 9.67. The van der Waals surface area contributed by atoms with Crippen LogP contribution in [-0.4, -0.2) is 46.3 Å². The second kappa shape index (κ2) is 8.05. The predicted molar refractivity (Wildman–Crippen MR) is 57.3 cm³/mol. The van der Waals surface area contributed by atoms with Crippen LogP contribution in [0.1, 0.15) is 12.8 Å². The molecule has 0 aromatic carbocycles. The van der Waals surface area contributed by atoms with Crippen LogP contribution in [0.4, 0.5) is 0 Å². The largest absolute Gasteiger partial charge is 0.389 e. The van der Waals surface area contributed by atoms with Crippen molar-refractivity contribution < 1.29 is 19.8 Å². The molecule has 0 heterocycles. The van der Waals surface area contributed by atoms with Crippen molar-refractivity contribution in [2.45, 2.75) is 18.2 Å². The number of carbonyl (C=O) groups is 2. The first-order valence-electron chi connectivity index (χ1n) is 4.50. The molecular weight excluding hydrogens is 243 g/mol. The summed E-state index contributed by atoms with van der Waals surface area (Å²) in [7, 11) is 0. The third kappa shape index (κ3) is 6.10. The van der Waals surface area contributed by atoms with Crippen LogP contribution in [0, 0.1) is 5.92 Å². The van der Waals surface area contributed by atoms with E-state index in [4.69, 9.17) is 33.4 Å². The Balaban J connectivity index is 4.30. The fourth-order valence-electron chi connectivity index (χ4n) is 1.17. The van der Waals surface area contributed by atoms with Gasteiger partial charge in [-0.3, -0.25) is 9.59 Å². The quantitative estimate of drug-likeness (QED) is 0.615. The van der Waals surface area contributed by atoms with Gasteiger partial charge in [-0.25, -0.2) is 0 Å². The van der Waals surface area contributed by atoms with Crippen LogP contribution in [0.3, 0.4) is 0 Å². The van der Waals surface area contributed by atoms with E-state index in [-0.39, 0.29) is 30.3 Å². The van der Waals surface area contributed by atoms with E-state index >= 15 is 0 Å². The van der Waals surface area contributed by atoms with Crippen molar-refractivity contribution in [1.82, 2.24) is 0 Å². The highest BCUT2D eigenvalue weighted by molar-refractivity contribution is 6.28. The normalized spacial score (nSPS) is 12.9. The maximum Gasteiger partial charge on any atom is 0.158 e. The second-order valence-corrected chi connectivity index (χ2v) is 4.10. The van der Waals surface area contributed by atoms with Crippen molar-refractivity contribution in [3.63, 3.8) is 0 Å². The molecule has 0 saturated heterocycles. The van der Waals surface area contributed by atoms with Gasteiger partial charge in [0, 0.05) is 18.7 Å². The van der Waals surface area contributed by atoms with Crippen LogP contribution < -0.4 is 0 Å². The number of hydrogen-bond donors (Lipinski definition) is 2. The Morgan fingerprint density at radius 1 is 1.07 bits per heavy atom. The summed E-state index contributed by atoms with van der Waals surface area (Å²) in [5.74, 6) is -1.09. The molecule has 88 valence electrons. The van der Waals surface area contributed by atoms with Gasteiger partial charge in [-0.1, -0.05) is 0 Å². The molecule has 0 aliphatic rings. The van der Waals surface area contributed by atoms with Gasteiger partial charge in [-0.15, -0.1) is 23.2 Å². The van der Waals surface area contributed by atoms with Crippen molar-refractivity contribution in [3.05, 3.63) is 0 Å². The summed E-state index contributed by atoms with van der Waals surface area (Å²) in [4.78, 5) is 22.0. The lowest BCUT2D eigenvalue weighted by molar-refractivity contribution is -0.124. The highest BCUT2D eigenvalue weighted by Crippen LogP contribution is 2.21. The number of carbonyl (C=O) groups excluding carboxylic acids is 2. The fourth-order valence-corrected chi connectivity index (χ4v) is 1.60. The number of aliphatic hydroxyl groups excluding tert-OH is 2. The molecule has 0 aliphatic carbocycles. The molecule has 0 aliphatic heterocycles. The minimum Gasteiger partial charge on any atom is -0.389 e. The van der Waals surface area contributed by atoms with Crippen molar-refractivity contribution in [2.24, 2.45) is 5.92 Å². The maximum absolute atomic E-state index is 11.0. The van der Waals surface area contributed by atoms with E-state index < -0.39 is 24.5 Å². The highest BCUT2D eigenvalue weighted by atomic mass is 35.5. The SMILES string of the molecule is O=C(CO)CC(CC(=O)CO)C(Cl)CCl. The monoisotopic (exact) mass is 256 g/mol. The number of ketones is 2. The van der Waals surface area contributed by atoms with E-state index in [2.05, 4.69) is 0 Å². The lowest BCUT2D eigenvalue weighted by atomic mass is 9.93. The topological polar surface area (TPSA) is 74.6 Å². The van der Waals surface area contributed by atoms with Crippen LogP contribution in [-0.2, 0) is 9.59 Å². The van der Waals surface area contributed by atoms with E-state index in [0.717, 1.165) is 0 Å². The van der Waals surface area contributed by atoms with Gasteiger partial charge in [0.1, 0.15) is 13.2 Å². The number of hydrogen-bond acceptors (Lipinski definition) is 4. The van der Waals surface area contributed by atoms with Gasteiger partial charge in [-0.2, -0.15) is 0 Å². The van der Waals surface area contributed by atoms with Gasteiger partial charge in [0.05, 0.1) is 5.38 Å². The molecule has 0 amide bonds. The van der Waals surface area contributed by atoms with Gasteiger partial charge in [-0.05, 0) is 5.92 Å². The Labute approximate surface area is 98.2 Å². The minimum absolute atomic E-state index is 0.00310. The Morgan fingerprint density at radius 2 is 1.47 bits per heavy atom. The molecule has 1 unspecified atom stereocenters. The van der Waals surface area contributed by atoms with E-state index in [9.17, 15) is 9.59 Å². The second-order valence-electron chi connectivity index (χ2n) is 3.23. The molecular formula is C9H14Cl2O4. The molecule has 6 heteroatoms. The minimum atomic E-state index is -0.574. The molecule has 0 radical (unpaired) electrons. The van der Waals surface area contributed by atoms with Crippen LogP contribution >= 0.6 is 23.2 Å². The van der Waals surface area contributed by atoms with Gasteiger partial charge >= 0.3 is 0 Å². The summed E-state index contributed by atoms with van der Waals surface area (Å²) < 4.78 is 0. The first-order valence-corrected chi connectivity index (χ1v) is 5.47. The molecule has 4 nitrogen and oxygen atoms in total. The lowest BCUT2D eigenvalue weighted by Gasteiger charge is -2.18. The molecule has 0 bridgehead atoms. The van der Waals surface area contributed by atoms with E-state index in [0.29, 0.717) is 0 Å². The van der Waals surface area contributed by atoms with Gasteiger partial charge in [0.2, 0.25) is 0 Å². The first kappa shape index (κ1) is 14.8. The molecule has 0 saturated carbocycles. The fraction of sp³-hybridized carbons (Fsp3) is 0.778. The molecule has 0 aromatic rings. The number of rotatable bonds is 8. The predicted octanol–water partition coefficient (Wildman–Crippen LogP) is 0.352. The third-order valence-corrected chi connectivity index (χ3v) is 2.99. The summed E-state index contributed by atoms with van der Waals surface area (Å²) >= 11 is 11.4.